The maximum Gasteiger partial charge on any atom is 0.352 e. The van der Waals surface area contributed by atoms with Crippen LogP contribution in [0.15, 0.2) is 77.1 Å². The first kappa shape index (κ1) is 32.7. The van der Waals surface area contributed by atoms with E-state index in [0.717, 1.165) is 10.5 Å². The lowest BCUT2D eigenvalue weighted by Gasteiger charge is -2.49. The summed E-state index contributed by atoms with van der Waals surface area (Å²) in [5, 5.41) is 26.4. The average molecular weight is 665 g/mol. The summed E-state index contributed by atoms with van der Waals surface area (Å²) in [7, 11) is 3.02. The predicted molar refractivity (Wildman–Crippen MR) is 169 cm³/mol. The number of aryl methyl sites for hydroxylation is 2. The van der Waals surface area contributed by atoms with E-state index in [1.807, 2.05) is 30.3 Å². The number of urea groups is 1. The van der Waals surface area contributed by atoms with Gasteiger partial charge in [0.25, 0.3) is 5.91 Å². The highest BCUT2D eigenvalue weighted by Crippen LogP contribution is 2.41. The number of carboxylic acid groups (broad SMARTS) is 1. The molecule has 2 aliphatic heterocycles. The second-order valence-electron chi connectivity index (χ2n) is 10.6. The van der Waals surface area contributed by atoms with Crippen molar-refractivity contribution in [3.05, 3.63) is 83.1 Å². The van der Waals surface area contributed by atoms with Crippen LogP contribution in [0.3, 0.4) is 0 Å². The fourth-order valence-corrected chi connectivity index (χ4v) is 7.40. The summed E-state index contributed by atoms with van der Waals surface area (Å²) in [6, 6.07) is 15.2. The summed E-state index contributed by atoms with van der Waals surface area (Å²) in [6.45, 7) is 0. The van der Waals surface area contributed by atoms with Crippen LogP contribution in [0.4, 0.5) is 4.79 Å². The van der Waals surface area contributed by atoms with Gasteiger partial charge in [-0.05, 0) is 40.0 Å². The van der Waals surface area contributed by atoms with Crippen LogP contribution < -0.4 is 10.6 Å². The van der Waals surface area contributed by atoms with E-state index in [9.17, 15) is 29.1 Å². The Labute approximate surface area is 272 Å². The summed E-state index contributed by atoms with van der Waals surface area (Å²) in [4.78, 5) is 67.2. The second-order valence-corrected chi connectivity index (χ2v) is 12.7. The number of benzene rings is 2. The molecule has 46 heavy (non-hydrogen) atoms. The van der Waals surface area contributed by atoms with Gasteiger partial charge in [0.15, 0.2) is 0 Å². The molecule has 0 aliphatic carbocycles. The van der Waals surface area contributed by atoms with Crippen LogP contribution in [0.25, 0.3) is 0 Å². The average Bonchev–Trinajstić information content (AvgIpc) is 3.48. The topological polar surface area (TPSA) is 180 Å². The maximum absolute atomic E-state index is 13.6. The molecule has 0 bridgehead atoms. The smallest absolute Gasteiger partial charge is 0.352 e. The van der Waals surface area contributed by atoms with Crippen LogP contribution in [-0.4, -0.2) is 94.8 Å². The van der Waals surface area contributed by atoms with Crippen molar-refractivity contribution in [2.45, 2.75) is 41.9 Å². The number of amides is 5. The van der Waals surface area contributed by atoms with Crippen molar-refractivity contribution in [3.8, 4) is 0 Å². The van der Waals surface area contributed by atoms with Gasteiger partial charge < -0.3 is 15.7 Å². The Bertz CT molecular complexity index is 1650. The van der Waals surface area contributed by atoms with Crippen LogP contribution in [0.2, 0.25) is 0 Å². The predicted octanol–water partition coefficient (Wildman–Crippen LogP) is 1.97. The van der Waals surface area contributed by atoms with Crippen molar-refractivity contribution in [1.82, 2.24) is 40.6 Å². The third-order valence-corrected chi connectivity index (χ3v) is 9.98. The minimum atomic E-state index is -1.25. The fraction of sp³-hybridized carbons (Fsp3) is 0.333. The number of carbonyl (C=O) groups is 5. The minimum absolute atomic E-state index is 0.123. The number of aliphatic carboxylic acids is 1. The van der Waals surface area contributed by atoms with Gasteiger partial charge in [-0.1, -0.05) is 72.4 Å². The largest absolute Gasteiger partial charge is 0.477 e. The lowest BCUT2D eigenvalue weighted by Crippen LogP contribution is -2.71. The normalized spacial score (nSPS) is 17.9. The van der Waals surface area contributed by atoms with Gasteiger partial charge in [-0.3, -0.25) is 24.2 Å². The van der Waals surface area contributed by atoms with Gasteiger partial charge in [0, 0.05) is 32.0 Å². The van der Waals surface area contributed by atoms with E-state index in [0.29, 0.717) is 34.9 Å². The molecule has 0 spiro atoms. The van der Waals surface area contributed by atoms with Gasteiger partial charge in [-0.2, -0.15) is 0 Å². The number of fused-ring (bicyclic) bond motifs is 1. The summed E-state index contributed by atoms with van der Waals surface area (Å²) >= 11 is 2.58. The van der Waals surface area contributed by atoms with Crippen LogP contribution in [0.5, 0.6) is 0 Å². The fourth-order valence-electron chi connectivity index (χ4n) is 5.06. The highest BCUT2D eigenvalue weighted by Gasteiger charge is 2.54. The van der Waals surface area contributed by atoms with E-state index in [2.05, 4.69) is 26.2 Å². The standard InChI is InChI=1S/C30H32N8O6S2/c1-36(21(39)15-9-12-18-10-5-3-6-11-18)29(44)32-22(19-13-7-4-8-14-19)25(40)31-23-26(41)38-24(28(42)43)20(16-45-27(23)38)17-46-30-33-34-35-37(30)2/h3-8,10-11,13-14,22-23,27H,9,12,15-17H2,1-2H3,(H,31,40)(H,32,44)(H,42,43)/t22?,23?,27-/m0/s1. The molecule has 1 saturated heterocycles. The Hall–Kier alpha value is -4.70. The number of nitrogens with zero attached hydrogens (tertiary/aromatic N) is 6. The molecular formula is C30H32N8O6S2. The summed E-state index contributed by atoms with van der Waals surface area (Å²) in [5.74, 6) is -2.31. The van der Waals surface area contributed by atoms with Crippen molar-refractivity contribution < 1.29 is 29.1 Å². The molecule has 3 aromatic rings. The zero-order valence-electron chi connectivity index (χ0n) is 25.0. The van der Waals surface area contributed by atoms with Crippen LogP contribution in [0.1, 0.15) is 30.0 Å². The number of imide groups is 1. The maximum atomic E-state index is 13.6. The van der Waals surface area contributed by atoms with Gasteiger partial charge in [0.2, 0.25) is 17.0 Å². The quantitative estimate of drug-likeness (QED) is 0.190. The van der Waals surface area contributed by atoms with E-state index in [1.165, 1.54) is 40.2 Å². The molecule has 1 fully saturated rings. The highest BCUT2D eigenvalue weighted by molar-refractivity contribution is 8.01. The first-order valence-corrected chi connectivity index (χ1v) is 16.4. The number of thioether (sulfide) groups is 2. The van der Waals surface area contributed by atoms with Gasteiger partial charge in [0.1, 0.15) is 23.2 Å². The number of carboxylic acids is 1. The number of aromatic nitrogens is 4. The summed E-state index contributed by atoms with van der Waals surface area (Å²) < 4.78 is 1.46. The number of carbonyl (C=O) groups excluding carboxylic acids is 4. The van der Waals surface area contributed by atoms with Crippen molar-refractivity contribution >= 4 is 53.2 Å². The Morgan fingerprint density at radius 2 is 1.80 bits per heavy atom. The molecule has 2 unspecified atom stereocenters. The number of nitrogens with one attached hydrogen (secondary N) is 2. The van der Waals surface area contributed by atoms with Crippen molar-refractivity contribution in [2.24, 2.45) is 7.05 Å². The Balaban J connectivity index is 1.23. The van der Waals surface area contributed by atoms with Gasteiger partial charge in [0.05, 0.1) is 0 Å². The molecule has 3 N–H and O–H groups in total. The molecule has 240 valence electrons. The lowest BCUT2D eigenvalue weighted by molar-refractivity contribution is -0.151. The highest BCUT2D eigenvalue weighted by atomic mass is 32.2. The molecule has 0 saturated carbocycles. The molecule has 3 heterocycles. The molecule has 16 heteroatoms. The first-order chi connectivity index (χ1) is 22.2. The zero-order valence-corrected chi connectivity index (χ0v) is 26.7. The number of β-lactam (4-membered cyclic amide) rings is 1. The molecule has 3 atom stereocenters. The van der Waals surface area contributed by atoms with E-state index in [4.69, 9.17) is 0 Å². The molecule has 2 aliphatic rings. The van der Waals surface area contributed by atoms with Crippen LogP contribution >= 0.6 is 23.5 Å². The minimum Gasteiger partial charge on any atom is -0.477 e. The van der Waals surface area contributed by atoms with Crippen molar-refractivity contribution in [3.63, 3.8) is 0 Å². The van der Waals surface area contributed by atoms with Gasteiger partial charge >= 0.3 is 12.0 Å². The van der Waals surface area contributed by atoms with Gasteiger partial charge in [-0.15, -0.1) is 16.9 Å². The number of hydrogen-bond donors (Lipinski definition) is 3. The third kappa shape index (κ3) is 7.23. The number of hydrogen-bond acceptors (Lipinski definition) is 10. The van der Waals surface area contributed by atoms with E-state index in [1.54, 1.807) is 37.4 Å². The van der Waals surface area contributed by atoms with E-state index in [-0.39, 0.29) is 17.9 Å². The van der Waals surface area contributed by atoms with Crippen LogP contribution in [-0.2, 0) is 32.6 Å². The van der Waals surface area contributed by atoms with E-state index < -0.39 is 47.2 Å². The molecule has 5 amide bonds. The number of tetrazole rings is 1. The Morgan fingerprint density at radius 3 is 2.46 bits per heavy atom. The monoisotopic (exact) mass is 664 g/mol. The summed E-state index contributed by atoms with van der Waals surface area (Å²) in [6.07, 6.45) is 1.37. The van der Waals surface area contributed by atoms with Crippen molar-refractivity contribution in [1.29, 1.82) is 0 Å². The molecule has 14 nitrogen and oxygen atoms in total. The SMILES string of the molecule is CN(C(=O)CCCc1ccccc1)C(=O)NC(C(=O)NC1C(=O)N2C(C(=O)O)=C(CSc3nnnn3C)CS[C@@H]12)c1ccccc1. The Kier molecular flexibility index (Phi) is 10.4. The molecule has 2 aromatic carbocycles. The Morgan fingerprint density at radius 1 is 1.11 bits per heavy atom. The zero-order chi connectivity index (χ0) is 32.8. The molecule has 0 radical (unpaired) electrons. The molecule has 1 aromatic heterocycles. The van der Waals surface area contributed by atoms with Crippen LogP contribution in [0, 0.1) is 0 Å². The first-order valence-electron chi connectivity index (χ1n) is 14.4. The molecular weight excluding hydrogens is 633 g/mol. The van der Waals surface area contributed by atoms with Crippen molar-refractivity contribution in [2.75, 3.05) is 18.6 Å². The number of rotatable bonds is 12. The summed E-state index contributed by atoms with van der Waals surface area (Å²) in [5.41, 5.74) is 1.94. The van der Waals surface area contributed by atoms with E-state index >= 15 is 0 Å². The second kappa shape index (κ2) is 14.6. The third-order valence-electron chi connectivity index (χ3n) is 7.54. The van der Waals surface area contributed by atoms with Gasteiger partial charge in [-0.25, -0.2) is 14.3 Å². The molecule has 5 rings (SSSR count). The lowest BCUT2D eigenvalue weighted by atomic mass is 10.0.